The molecule has 6 heteroatoms. The molecule has 2 N–H and O–H groups in total. The van der Waals surface area contributed by atoms with Gasteiger partial charge in [0.2, 0.25) is 5.91 Å². The van der Waals surface area contributed by atoms with Gasteiger partial charge in [-0.1, -0.05) is 0 Å². The first kappa shape index (κ1) is 16.4. The Morgan fingerprint density at radius 1 is 1.26 bits per heavy atom. The van der Waals surface area contributed by atoms with E-state index in [1.807, 2.05) is 0 Å². The van der Waals surface area contributed by atoms with Gasteiger partial charge in [-0.15, -0.1) is 0 Å². The van der Waals surface area contributed by atoms with Crippen molar-refractivity contribution >= 4 is 5.91 Å². The molecule has 0 aromatic heterocycles. The first-order valence-electron chi connectivity index (χ1n) is 7.09. The normalized spacial score (nSPS) is 17.1. The number of nitrogens with zero attached hydrogens (tertiary/aromatic N) is 1. The van der Waals surface area contributed by atoms with E-state index in [-0.39, 0.29) is 5.91 Å². The second kappa shape index (κ2) is 11.2. The molecular weight excluding hydrogens is 246 g/mol. The summed E-state index contributed by atoms with van der Waals surface area (Å²) in [7, 11) is 1.65. The molecule has 0 aromatic carbocycles. The van der Waals surface area contributed by atoms with Crippen molar-refractivity contribution in [3.8, 4) is 0 Å². The van der Waals surface area contributed by atoms with Gasteiger partial charge in [0.25, 0.3) is 0 Å². The lowest BCUT2D eigenvalue weighted by molar-refractivity contribution is -0.122. The molecule has 0 aliphatic carbocycles. The summed E-state index contributed by atoms with van der Waals surface area (Å²) in [6, 6.07) is 0. The summed E-state index contributed by atoms with van der Waals surface area (Å²) in [6.07, 6.45) is 1.96. The van der Waals surface area contributed by atoms with Crippen molar-refractivity contribution in [1.82, 2.24) is 15.5 Å². The minimum atomic E-state index is 0.110. The Balaban J connectivity index is 1.95. The fourth-order valence-corrected chi connectivity index (χ4v) is 1.97. The average Bonchev–Trinajstić information content (AvgIpc) is 2.66. The van der Waals surface area contributed by atoms with E-state index >= 15 is 0 Å². The van der Waals surface area contributed by atoms with Gasteiger partial charge in [0.05, 0.1) is 19.8 Å². The molecule has 19 heavy (non-hydrogen) atoms. The van der Waals surface area contributed by atoms with Crippen LogP contribution in [0, 0.1) is 0 Å². The Morgan fingerprint density at radius 2 is 2.16 bits per heavy atom. The molecule has 0 spiro atoms. The van der Waals surface area contributed by atoms with Gasteiger partial charge in [0.1, 0.15) is 0 Å². The number of hydrogen-bond donors (Lipinski definition) is 2. The molecule has 1 aliphatic rings. The van der Waals surface area contributed by atoms with Crippen molar-refractivity contribution in [2.45, 2.75) is 12.8 Å². The summed E-state index contributed by atoms with van der Waals surface area (Å²) in [6.45, 7) is 7.06. The number of hydrogen-bond acceptors (Lipinski definition) is 5. The minimum Gasteiger partial charge on any atom is -0.382 e. The molecule has 1 amide bonds. The third kappa shape index (κ3) is 8.93. The van der Waals surface area contributed by atoms with Crippen molar-refractivity contribution in [3.05, 3.63) is 0 Å². The lowest BCUT2D eigenvalue weighted by Gasteiger charge is -2.18. The highest BCUT2D eigenvalue weighted by molar-refractivity contribution is 5.77. The predicted molar refractivity (Wildman–Crippen MR) is 74.2 cm³/mol. The highest BCUT2D eigenvalue weighted by Gasteiger charge is 2.11. The maximum atomic E-state index is 11.7. The zero-order valence-electron chi connectivity index (χ0n) is 12.0. The van der Waals surface area contributed by atoms with Crippen LogP contribution in [0.3, 0.4) is 0 Å². The van der Waals surface area contributed by atoms with Crippen LogP contribution in [-0.4, -0.2) is 77.0 Å². The van der Waals surface area contributed by atoms with Gasteiger partial charge in [-0.25, -0.2) is 0 Å². The second-order valence-electron chi connectivity index (χ2n) is 4.69. The van der Waals surface area contributed by atoms with Gasteiger partial charge in [-0.05, 0) is 25.9 Å². The summed E-state index contributed by atoms with van der Waals surface area (Å²) < 4.78 is 10.2. The third-order valence-electron chi connectivity index (χ3n) is 3.02. The van der Waals surface area contributed by atoms with Crippen LogP contribution in [0.15, 0.2) is 0 Å². The van der Waals surface area contributed by atoms with Crippen molar-refractivity contribution in [1.29, 1.82) is 0 Å². The molecule has 0 atom stereocenters. The molecule has 1 heterocycles. The smallest absolute Gasteiger partial charge is 0.234 e. The molecule has 1 saturated heterocycles. The number of ether oxygens (including phenoxy) is 2. The molecule has 6 nitrogen and oxygen atoms in total. The summed E-state index contributed by atoms with van der Waals surface area (Å²) in [5, 5.41) is 6.26. The fourth-order valence-electron chi connectivity index (χ4n) is 1.97. The van der Waals surface area contributed by atoms with Crippen LogP contribution in [0.1, 0.15) is 12.8 Å². The largest absolute Gasteiger partial charge is 0.382 e. The molecule has 1 aliphatic heterocycles. The SMILES string of the molecule is COCCOCCCNC(=O)CN1CCCNCC1. The van der Waals surface area contributed by atoms with Crippen molar-refractivity contribution in [2.75, 3.05) is 66.2 Å². The predicted octanol–water partition coefficient (Wildman–Crippen LogP) is -0.549. The molecule has 112 valence electrons. The van der Waals surface area contributed by atoms with Crippen LogP contribution in [0.2, 0.25) is 0 Å². The van der Waals surface area contributed by atoms with E-state index in [2.05, 4.69) is 15.5 Å². The Kier molecular flexibility index (Phi) is 9.61. The third-order valence-corrected chi connectivity index (χ3v) is 3.02. The first-order valence-corrected chi connectivity index (χ1v) is 7.09. The Bertz CT molecular complexity index is 231. The summed E-state index contributed by atoms with van der Waals surface area (Å²) in [5.41, 5.74) is 0. The van der Waals surface area contributed by atoms with Crippen molar-refractivity contribution in [2.24, 2.45) is 0 Å². The molecule has 0 bridgehead atoms. The van der Waals surface area contributed by atoms with E-state index in [4.69, 9.17) is 9.47 Å². The summed E-state index contributed by atoms with van der Waals surface area (Å²) >= 11 is 0. The van der Waals surface area contributed by atoms with Crippen LogP contribution in [0.25, 0.3) is 0 Å². The highest BCUT2D eigenvalue weighted by Crippen LogP contribution is 1.94. The first-order chi connectivity index (χ1) is 9.33. The number of amides is 1. The van der Waals surface area contributed by atoms with Gasteiger partial charge < -0.3 is 20.1 Å². The zero-order chi connectivity index (χ0) is 13.8. The van der Waals surface area contributed by atoms with Gasteiger partial charge in [-0.2, -0.15) is 0 Å². The quantitative estimate of drug-likeness (QED) is 0.552. The fraction of sp³-hybridized carbons (Fsp3) is 0.923. The monoisotopic (exact) mass is 273 g/mol. The van der Waals surface area contributed by atoms with Gasteiger partial charge in [0.15, 0.2) is 0 Å². The number of rotatable bonds is 9. The lowest BCUT2D eigenvalue weighted by atomic mass is 10.3. The van der Waals surface area contributed by atoms with E-state index in [0.717, 1.165) is 39.0 Å². The second-order valence-corrected chi connectivity index (χ2v) is 4.69. The number of carbonyl (C=O) groups excluding carboxylic acids is 1. The molecule has 1 fully saturated rings. The number of carbonyl (C=O) groups is 1. The molecule has 1 rings (SSSR count). The topological polar surface area (TPSA) is 62.8 Å². The van der Waals surface area contributed by atoms with Crippen LogP contribution in [-0.2, 0) is 14.3 Å². The maximum Gasteiger partial charge on any atom is 0.234 e. The van der Waals surface area contributed by atoms with E-state index in [0.29, 0.717) is 32.9 Å². The van der Waals surface area contributed by atoms with E-state index in [9.17, 15) is 4.79 Å². The average molecular weight is 273 g/mol. The molecular formula is C13H27N3O3. The van der Waals surface area contributed by atoms with Crippen LogP contribution in [0.5, 0.6) is 0 Å². The molecule has 0 unspecified atom stereocenters. The Labute approximate surface area is 115 Å². The van der Waals surface area contributed by atoms with Crippen molar-refractivity contribution in [3.63, 3.8) is 0 Å². The number of nitrogens with one attached hydrogen (secondary N) is 2. The molecule has 0 radical (unpaired) electrons. The van der Waals surface area contributed by atoms with Crippen LogP contribution >= 0.6 is 0 Å². The summed E-state index contributed by atoms with van der Waals surface area (Å²) in [4.78, 5) is 13.9. The minimum absolute atomic E-state index is 0.110. The van der Waals surface area contributed by atoms with E-state index in [1.165, 1.54) is 0 Å². The molecule has 0 aromatic rings. The summed E-state index contributed by atoms with van der Waals surface area (Å²) in [5.74, 6) is 0.110. The Morgan fingerprint density at radius 3 is 3.00 bits per heavy atom. The lowest BCUT2D eigenvalue weighted by Crippen LogP contribution is -2.39. The number of methoxy groups -OCH3 is 1. The zero-order valence-corrected chi connectivity index (χ0v) is 12.0. The van der Waals surface area contributed by atoms with E-state index in [1.54, 1.807) is 7.11 Å². The van der Waals surface area contributed by atoms with Crippen molar-refractivity contribution < 1.29 is 14.3 Å². The van der Waals surface area contributed by atoms with Crippen LogP contribution < -0.4 is 10.6 Å². The van der Waals surface area contributed by atoms with E-state index < -0.39 is 0 Å². The van der Waals surface area contributed by atoms with Gasteiger partial charge in [0, 0.05) is 33.4 Å². The molecule has 0 saturated carbocycles. The Hall–Kier alpha value is -0.690. The van der Waals surface area contributed by atoms with Crippen LogP contribution in [0.4, 0.5) is 0 Å². The maximum absolute atomic E-state index is 11.7. The van der Waals surface area contributed by atoms with Gasteiger partial charge >= 0.3 is 0 Å². The highest BCUT2D eigenvalue weighted by atomic mass is 16.5. The standard InChI is InChI=1S/C13H27N3O3/c1-18-10-11-19-9-3-5-15-13(17)12-16-7-2-4-14-6-8-16/h14H,2-12H2,1H3,(H,15,17). The van der Waals surface area contributed by atoms with Gasteiger partial charge in [-0.3, -0.25) is 9.69 Å².